The quantitative estimate of drug-likeness (QED) is 0.628. The maximum atomic E-state index is 13.0. The van der Waals surface area contributed by atoms with Crippen LogP contribution in [0.3, 0.4) is 0 Å². The summed E-state index contributed by atoms with van der Waals surface area (Å²) in [6.07, 6.45) is 8.13. The van der Waals surface area contributed by atoms with Gasteiger partial charge in [-0.05, 0) is 58.5 Å². The molecule has 0 radical (unpaired) electrons. The predicted molar refractivity (Wildman–Crippen MR) is 107 cm³/mol. The van der Waals surface area contributed by atoms with Crippen LogP contribution in [0.15, 0.2) is 39.6 Å². The van der Waals surface area contributed by atoms with E-state index in [2.05, 4.69) is 15.9 Å². The van der Waals surface area contributed by atoms with E-state index in [1.54, 1.807) is 28.4 Å². The van der Waals surface area contributed by atoms with Crippen LogP contribution < -0.4 is 14.2 Å². The molecule has 0 N–H and O–H groups in total. The summed E-state index contributed by atoms with van der Waals surface area (Å²) in [5.74, 6) is 2.85. The van der Waals surface area contributed by atoms with E-state index in [1.807, 2.05) is 24.3 Å². The fraction of sp³-hybridized carbons (Fsp3) is 0.381. The number of rotatable bonds is 5. The molecule has 0 bridgehead atoms. The second kappa shape index (κ2) is 8.21. The molecule has 0 aliphatic heterocycles. The summed E-state index contributed by atoms with van der Waals surface area (Å²) >= 11 is 3.57. The van der Waals surface area contributed by atoms with Crippen LogP contribution >= 0.6 is 15.9 Å². The van der Waals surface area contributed by atoms with Gasteiger partial charge in [0, 0.05) is 17.6 Å². The first kappa shape index (κ1) is 19.5. The van der Waals surface area contributed by atoms with Crippen LogP contribution in [-0.4, -0.2) is 34.2 Å². The van der Waals surface area contributed by atoms with Crippen molar-refractivity contribution in [2.75, 3.05) is 28.4 Å². The number of ketones is 1. The fourth-order valence-electron chi connectivity index (χ4n) is 3.61. The first-order valence-corrected chi connectivity index (χ1v) is 9.51. The summed E-state index contributed by atoms with van der Waals surface area (Å²) in [4.78, 5) is 13.0. The van der Waals surface area contributed by atoms with Crippen LogP contribution in [0.1, 0.15) is 24.8 Å². The third-order valence-electron chi connectivity index (χ3n) is 5.04. The third kappa shape index (κ3) is 3.63. The van der Waals surface area contributed by atoms with Crippen LogP contribution in [0.4, 0.5) is 0 Å². The summed E-state index contributed by atoms with van der Waals surface area (Å²) in [5, 5.41) is 0. The molecule has 1 aromatic rings. The minimum absolute atomic E-state index is 0.0957. The highest BCUT2D eigenvalue weighted by atomic mass is 79.9. The number of methoxy groups -OCH3 is 4. The molecule has 2 aliphatic carbocycles. The molecule has 2 aliphatic rings. The molecule has 0 amide bonds. The summed E-state index contributed by atoms with van der Waals surface area (Å²) in [7, 11) is 6.38. The van der Waals surface area contributed by atoms with Gasteiger partial charge in [0.05, 0.1) is 38.7 Å². The average molecular weight is 435 g/mol. The van der Waals surface area contributed by atoms with Crippen molar-refractivity contribution >= 4 is 27.8 Å². The normalized spacial score (nSPS) is 20.6. The SMILES string of the molecule is COC1=CC=C2C(=O)C(=Cc3cc(OC)c(OC)c(OC)c3Br)CCC2C1. The molecule has 27 heavy (non-hydrogen) atoms. The van der Waals surface area contributed by atoms with Gasteiger partial charge in [-0.2, -0.15) is 0 Å². The van der Waals surface area contributed by atoms with Gasteiger partial charge in [0.25, 0.3) is 0 Å². The van der Waals surface area contributed by atoms with Crippen molar-refractivity contribution < 1.29 is 23.7 Å². The lowest BCUT2D eigenvalue weighted by atomic mass is 9.76. The molecule has 6 heteroatoms. The van der Waals surface area contributed by atoms with Crippen LogP contribution in [0.25, 0.3) is 6.08 Å². The number of fused-ring (bicyclic) bond motifs is 1. The largest absolute Gasteiger partial charge is 0.501 e. The second-order valence-electron chi connectivity index (χ2n) is 6.45. The molecule has 1 aromatic carbocycles. The number of hydrogen-bond donors (Lipinski definition) is 0. The maximum absolute atomic E-state index is 13.0. The summed E-state index contributed by atoms with van der Waals surface area (Å²) in [6, 6.07) is 1.84. The lowest BCUT2D eigenvalue weighted by molar-refractivity contribution is -0.113. The molecule has 1 fully saturated rings. The van der Waals surface area contributed by atoms with Crippen molar-refractivity contribution in [1.29, 1.82) is 0 Å². The Hall–Kier alpha value is -2.21. The van der Waals surface area contributed by atoms with E-state index in [0.29, 0.717) is 17.2 Å². The molecule has 1 unspecified atom stereocenters. The van der Waals surface area contributed by atoms with Crippen molar-refractivity contribution in [3.63, 3.8) is 0 Å². The van der Waals surface area contributed by atoms with Gasteiger partial charge in [0.15, 0.2) is 17.3 Å². The Morgan fingerprint density at radius 3 is 2.41 bits per heavy atom. The molecular formula is C21H23BrO5. The van der Waals surface area contributed by atoms with Crippen molar-refractivity contribution in [3.05, 3.63) is 45.2 Å². The number of allylic oxidation sites excluding steroid dienone is 5. The number of benzene rings is 1. The Labute approximate surface area is 167 Å². The molecule has 5 nitrogen and oxygen atoms in total. The average Bonchev–Trinajstić information content (AvgIpc) is 2.70. The Morgan fingerprint density at radius 2 is 1.78 bits per heavy atom. The van der Waals surface area contributed by atoms with Crippen LogP contribution in [0.5, 0.6) is 17.2 Å². The van der Waals surface area contributed by atoms with E-state index in [4.69, 9.17) is 18.9 Å². The van der Waals surface area contributed by atoms with Crippen molar-refractivity contribution in [1.82, 2.24) is 0 Å². The number of carbonyl (C=O) groups is 1. The van der Waals surface area contributed by atoms with Gasteiger partial charge in [0.2, 0.25) is 5.75 Å². The summed E-state index contributed by atoms with van der Waals surface area (Å²) in [5.41, 5.74) is 2.45. The molecule has 0 saturated heterocycles. The number of hydrogen-bond acceptors (Lipinski definition) is 5. The molecule has 1 atom stereocenters. The molecule has 0 heterocycles. The molecular weight excluding hydrogens is 412 g/mol. The summed E-state index contributed by atoms with van der Waals surface area (Å²) < 4.78 is 22.4. The van der Waals surface area contributed by atoms with E-state index in [0.717, 1.165) is 46.2 Å². The zero-order chi connectivity index (χ0) is 19.6. The number of Topliss-reactive ketones (excluding diaryl/α,β-unsaturated/α-hetero) is 1. The fourth-order valence-corrected chi connectivity index (χ4v) is 4.18. The van der Waals surface area contributed by atoms with Gasteiger partial charge in [-0.15, -0.1) is 0 Å². The van der Waals surface area contributed by atoms with Gasteiger partial charge in [-0.1, -0.05) is 6.08 Å². The second-order valence-corrected chi connectivity index (χ2v) is 7.24. The predicted octanol–water partition coefficient (Wildman–Crippen LogP) is 4.70. The lowest BCUT2D eigenvalue weighted by Crippen LogP contribution is -2.24. The standard InChI is InChI=1S/C21H23BrO5/c1-24-15-7-8-16-12(10-15)5-6-13(19(16)23)9-14-11-17(25-2)20(26-3)21(27-4)18(14)22/h7-9,11-12H,5-6,10H2,1-4H3. The Balaban J connectivity index is 2.01. The Kier molecular flexibility index (Phi) is 5.95. The lowest BCUT2D eigenvalue weighted by Gasteiger charge is -2.29. The van der Waals surface area contributed by atoms with E-state index in [1.165, 1.54) is 0 Å². The van der Waals surface area contributed by atoms with Gasteiger partial charge >= 0.3 is 0 Å². The minimum Gasteiger partial charge on any atom is -0.501 e. The van der Waals surface area contributed by atoms with Crippen molar-refractivity contribution in [2.45, 2.75) is 19.3 Å². The van der Waals surface area contributed by atoms with Gasteiger partial charge in [0.1, 0.15) is 0 Å². The molecule has 144 valence electrons. The number of halogens is 1. The van der Waals surface area contributed by atoms with Gasteiger partial charge in [-0.3, -0.25) is 4.79 Å². The Morgan fingerprint density at radius 1 is 1.04 bits per heavy atom. The minimum atomic E-state index is 0.0957. The van der Waals surface area contributed by atoms with Crippen LogP contribution in [0, 0.1) is 5.92 Å². The molecule has 1 saturated carbocycles. The highest BCUT2D eigenvalue weighted by Gasteiger charge is 2.32. The smallest absolute Gasteiger partial charge is 0.204 e. The van der Waals surface area contributed by atoms with Crippen molar-refractivity contribution in [2.24, 2.45) is 5.92 Å². The van der Waals surface area contributed by atoms with Crippen LogP contribution in [0.2, 0.25) is 0 Å². The number of ether oxygens (including phenoxy) is 4. The highest BCUT2D eigenvalue weighted by molar-refractivity contribution is 9.10. The van der Waals surface area contributed by atoms with E-state index in [9.17, 15) is 4.79 Å². The van der Waals surface area contributed by atoms with E-state index >= 15 is 0 Å². The zero-order valence-electron chi connectivity index (χ0n) is 15.9. The van der Waals surface area contributed by atoms with Gasteiger partial charge in [-0.25, -0.2) is 0 Å². The first-order valence-electron chi connectivity index (χ1n) is 8.72. The van der Waals surface area contributed by atoms with Crippen LogP contribution in [-0.2, 0) is 9.53 Å². The molecule has 3 rings (SSSR count). The van der Waals surface area contributed by atoms with E-state index in [-0.39, 0.29) is 11.7 Å². The van der Waals surface area contributed by atoms with Gasteiger partial charge < -0.3 is 18.9 Å². The molecule has 0 spiro atoms. The monoisotopic (exact) mass is 434 g/mol. The van der Waals surface area contributed by atoms with E-state index < -0.39 is 0 Å². The maximum Gasteiger partial charge on any atom is 0.204 e. The zero-order valence-corrected chi connectivity index (χ0v) is 17.5. The highest BCUT2D eigenvalue weighted by Crippen LogP contribution is 2.46. The van der Waals surface area contributed by atoms with Crippen molar-refractivity contribution in [3.8, 4) is 17.2 Å². The third-order valence-corrected chi connectivity index (χ3v) is 5.86. The topological polar surface area (TPSA) is 54.0 Å². The molecule has 0 aromatic heterocycles. The first-order chi connectivity index (χ1) is 13.0. The Bertz CT molecular complexity index is 851. The summed E-state index contributed by atoms with van der Waals surface area (Å²) in [6.45, 7) is 0. The number of carbonyl (C=O) groups excluding carboxylic acids is 1.